The Morgan fingerprint density at radius 2 is 2.08 bits per heavy atom. The van der Waals surface area contributed by atoms with Crippen molar-refractivity contribution >= 4 is 17.6 Å². The average molecular weight is 336 g/mol. The molecule has 0 aliphatic heterocycles. The molecule has 3 aromatic rings. The second kappa shape index (κ2) is 7.36. The van der Waals surface area contributed by atoms with E-state index in [0.29, 0.717) is 0 Å². The number of pyridine rings is 1. The third-order valence-corrected chi connectivity index (χ3v) is 4.64. The third-order valence-electron chi connectivity index (χ3n) is 3.79. The molecule has 122 valence electrons. The van der Waals surface area contributed by atoms with Gasteiger partial charge in [-0.2, -0.15) is 5.10 Å². The molecule has 24 heavy (non-hydrogen) atoms. The van der Waals surface area contributed by atoms with E-state index in [9.17, 15) is 0 Å². The summed E-state index contributed by atoms with van der Waals surface area (Å²) in [6.45, 7) is 7.02. The van der Waals surface area contributed by atoms with Gasteiger partial charge in [0.2, 0.25) is 4.80 Å². The maximum atomic E-state index is 4.65. The molecule has 0 aliphatic carbocycles. The lowest BCUT2D eigenvalue weighted by Crippen LogP contribution is -2.12. The predicted octanol–water partition coefficient (Wildman–Crippen LogP) is 4.03. The minimum absolute atomic E-state index is 0.731. The van der Waals surface area contributed by atoms with Crippen molar-refractivity contribution in [3.63, 3.8) is 0 Å². The van der Waals surface area contributed by atoms with Gasteiger partial charge < -0.3 is 0 Å². The van der Waals surface area contributed by atoms with Crippen LogP contribution in [0.3, 0.4) is 0 Å². The number of nitrogens with zero attached hydrogens (tertiary/aromatic N) is 4. The fraction of sp³-hybridized carbons (Fsp3) is 0.211. The van der Waals surface area contributed by atoms with Gasteiger partial charge in [-0.3, -0.25) is 9.98 Å². The molecule has 0 saturated heterocycles. The van der Waals surface area contributed by atoms with Crippen molar-refractivity contribution in [3.05, 3.63) is 69.6 Å². The first-order chi connectivity index (χ1) is 11.7. The Balaban J connectivity index is 2.09. The first-order valence-corrected chi connectivity index (χ1v) is 8.80. The molecule has 0 radical (unpaired) electrons. The number of hydrogen-bond acceptors (Lipinski definition) is 4. The summed E-state index contributed by atoms with van der Waals surface area (Å²) in [5, 5.41) is 6.76. The first kappa shape index (κ1) is 16.3. The molecule has 5 heteroatoms. The molecule has 0 aliphatic rings. The van der Waals surface area contributed by atoms with Crippen molar-refractivity contribution in [2.75, 3.05) is 6.54 Å². The minimum Gasteiger partial charge on any atom is -0.264 e. The maximum Gasteiger partial charge on any atom is 0.206 e. The Bertz CT molecular complexity index is 920. The van der Waals surface area contributed by atoms with Gasteiger partial charge >= 0.3 is 0 Å². The van der Waals surface area contributed by atoms with Crippen LogP contribution in [-0.2, 0) is 0 Å². The zero-order valence-corrected chi connectivity index (χ0v) is 14.9. The predicted molar refractivity (Wildman–Crippen MR) is 101 cm³/mol. The van der Waals surface area contributed by atoms with Crippen LogP contribution in [0.4, 0.5) is 0 Å². The molecule has 0 N–H and O–H groups in total. The zero-order chi connectivity index (χ0) is 16.9. The first-order valence-electron chi connectivity index (χ1n) is 7.92. The van der Waals surface area contributed by atoms with E-state index in [2.05, 4.69) is 52.5 Å². The molecule has 0 fully saturated rings. The number of rotatable bonds is 4. The Labute approximate surface area is 145 Å². The van der Waals surface area contributed by atoms with Gasteiger partial charge in [0.15, 0.2) is 0 Å². The van der Waals surface area contributed by atoms with Crippen LogP contribution in [0.25, 0.3) is 11.3 Å². The number of aryl methyl sites for hydroxylation is 2. The number of aromatic nitrogens is 2. The highest BCUT2D eigenvalue weighted by molar-refractivity contribution is 7.07. The number of hydrogen-bond donors (Lipinski definition) is 0. The summed E-state index contributed by atoms with van der Waals surface area (Å²) in [4.78, 5) is 9.58. The van der Waals surface area contributed by atoms with Crippen LogP contribution < -0.4 is 4.80 Å². The second-order valence-corrected chi connectivity index (χ2v) is 6.36. The molecule has 0 bridgehead atoms. The second-order valence-electron chi connectivity index (χ2n) is 5.52. The number of thiazole rings is 1. The molecule has 4 nitrogen and oxygen atoms in total. The van der Waals surface area contributed by atoms with Gasteiger partial charge in [0.25, 0.3) is 0 Å². The lowest BCUT2D eigenvalue weighted by atomic mass is 10.1. The summed E-state index contributed by atoms with van der Waals surface area (Å²) < 4.78 is 1.91. The van der Waals surface area contributed by atoms with Crippen molar-refractivity contribution in [2.24, 2.45) is 10.1 Å². The minimum atomic E-state index is 0.731. The van der Waals surface area contributed by atoms with Gasteiger partial charge in [-0.05, 0) is 44.0 Å². The van der Waals surface area contributed by atoms with E-state index in [1.54, 1.807) is 23.7 Å². The van der Waals surface area contributed by atoms with Crippen LogP contribution in [0, 0.1) is 13.8 Å². The van der Waals surface area contributed by atoms with Crippen LogP contribution in [0.2, 0.25) is 0 Å². The number of benzene rings is 1. The summed E-state index contributed by atoms with van der Waals surface area (Å²) >= 11 is 1.61. The molecule has 0 amide bonds. The maximum absolute atomic E-state index is 4.65. The lowest BCUT2D eigenvalue weighted by Gasteiger charge is -2.06. The monoisotopic (exact) mass is 336 g/mol. The highest BCUT2D eigenvalue weighted by Crippen LogP contribution is 2.22. The van der Waals surface area contributed by atoms with E-state index in [1.807, 2.05) is 29.9 Å². The Morgan fingerprint density at radius 3 is 2.79 bits per heavy atom. The van der Waals surface area contributed by atoms with Crippen molar-refractivity contribution in [1.29, 1.82) is 0 Å². The SMILES string of the molecule is CCN=c1scc(-c2ccc(C)c(C)c2)n1N=Cc1cccnc1. The molecule has 0 unspecified atom stereocenters. The van der Waals surface area contributed by atoms with Crippen molar-refractivity contribution in [1.82, 2.24) is 9.66 Å². The van der Waals surface area contributed by atoms with Crippen LogP contribution in [0.1, 0.15) is 23.6 Å². The smallest absolute Gasteiger partial charge is 0.206 e. The van der Waals surface area contributed by atoms with Gasteiger partial charge in [-0.15, -0.1) is 11.3 Å². The largest absolute Gasteiger partial charge is 0.264 e. The van der Waals surface area contributed by atoms with E-state index in [0.717, 1.165) is 28.2 Å². The Kier molecular flexibility index (Phi) is 5.01. The van der Waals surface area contributed by atoms with Crippen LogP contribution >= 0.6 is 11.3 Å². The standard InChI is InChI=1S/C19H20N4S/c1-4-21-19-23(22-12-16-6-5-9-20-11-16)18(13-24-19)17-8-7-14(2)15(3)10-17/h5-13H,4H2,1-3H3. The van der Waals surface area contributed by atoms with Gasteiger partial charge in [-0.1, -0.05) is 18.2 Å². The molecule has 0 atom stereocenters. The molecule has 2 heterocycles. The zero-order valence-electron chi connectivity index (χ0n) is 14.1. The van der Waals surface area contributed by atoms with E-state index in [-0.39, 0.29) is 0 Å². The molecular weight excluding hydrogens is 316 g/mol. The molecular formula is C19H20N4S. The quantitative estimate of drug-likeness (QED) is 0.663. The van der Waals surface area contributed by atoms with Crippen LogP contribution in [-0.4, -0.2) is 22.4 Å². The van der Waals surface area contributed by atoms with E-state index in [1.165, 1.54) is 11.1 Å². The normalized spacial score (nSPS) is 12.2. The van der Waals surface area contributed by atoms with Crippen LogP contribution in [0.15, 0.2) is 58.2 Å². The average Bonchev–Trinajstić information content (AvgIpc) is 2.99. The fourth-order valence-electron chi connectivity index (χ4n) is 2.33. The summed E-state index contributed by atoms with van der Waals surface area (Å²) in [6.07, 6.45) is 5.37. The van der Waals surface area contributed by atoms with Crippen molar-refractivity contribution < 1.29 is 0 Å². The van der Waals surface area contributed by atoms with E-state index in [4.69, 9.17) is 0 Å². The molecule has 0 spiro atoms. The summed E-state index contributed by atoms with van der Waals surface area (Å²) in [5.74, 6) is 0. The highest BCUT2D eigenvalue weighted by atomic mass is 32.1. The lowest BCUT2D eigenvalue weighted by molar-refractivity contribution is 0.833. The van der Waals surface area contributed by atoms with Gasteiger partial charge in [0.1, 0.15) is 0 Å². The third kappa shape index (κ3) is 3.51. The van der Waals surface area contributed by atoms with E-state index < -0.39 is 0 Å². The van der Waals surface area contributed by atoms with E-state index >= 15 is 0 Å². The summed E-state index contributed by atoms with van der Waals surface area (Å²) in [5.41, 5.74) is 5.73. The van der Waals surface area contributed by atoms with Gasteiger partial charge in [-0.25, -0.2) is 4.68 Å². The van der Waals surface area contributed by atoms with Gasteiger partial charge in [0.05, 0.1) is 11.9 Å². The van der Waals surface area contributed by atoms with Crippen LogP contribution in [0.5, 0.6) is 0 Å². The fourth-order valence-corrected chi connectivity index (χ4v) is 3.23. The summed E-state index contributed by atoms with van der Waals surface area (Å²) in [6, 6.07) is 10.4. The Hall–Kier alpha value is -2.53. The van der Waals surface area contributed by atoms with Crippen molar-refractivity contribution in [3.8, 4) is 11.3 Å². The molecule has 3 rings (SSSR count). The van der Waals surface area contributed by atoms with Crippen molar-refractivity contribution in [2.45, 2.75) is 20.8 Å². The molecule has 2 aromatic heterocycles. The Morgan fingerprint density at radius 1 is 1.21 bits per heavy atom. The topological polar surface area (TPSA) is 42.5 Å². The van der Waals surface area contributed by atoms with Gasteiger partial charge in [0, 0.05) is 35.4 Å². The summed E-state index contributed by atoms with van der Waals surface area (Å²) in [7, 11) is 0. The molecule has 1 aromatic carbocycles. The molecule has 0 saturated carbocycles. The highest BCUT2D eigenvalue weighted by Gasteiger charge is 2.08.